The highest BCUT2D eigenvalue weighted by molar-refractivity contribution is 6.06. The fourth-order valence-corrected chi connectivity index (χ4v) is 3.52. The lowest BCUT2D eigenvalue weighted by Gasteiger charge is -2.29. The average Bonchev–Trinajstić information content (AvgIpc) is 3.22. The molecular formula is C21H22N6O3. The summed E-state index contributed by atoms with van der Waals surface area (Å²) < 4.78 is 12.8. The van der Waals surface area contributed by atoms with E-state index < -0.39 is 6.04 Å². The van der Waals surface area contributed by atoms with E-state index in [1.54, 1.807) is 23.9 Å². The lowest BCUT2D eigenvalue weighted by Crippen LogP contribution is -2.32. The number of anilines is 2. The predicted octanol–water partition coefficient (Wildman–Crippen LogP) is 3.01. The molecule has 0 radical (unpaired) electrons. The molecule has 0 saturated carbocycles. The van der Waals surface area contributed by atoms with Crippen LogP contribution in [0.3, 0.4) is 0 Å². The van der Waals surface area contributed by atoms with Gasteiger partial charge in [0.15, 0.2) is 0 Å². The van der Waals surface area contributed by atoms with E-state index in [1.165, 1.54) is 0 Å². The van der Waals surface area contributed by atoms with E-state index in [0.717, 1.165) is 5.56 Å². The van der Waals surface area contributed by atoms with Crippen molar-refractivity contribution >= 4 is 17.5 Å². The maximum Gasteiger partial charge on any atom is 0.255 e. The van der Waals surface area contributed by atoms with Gasteiger partial charge in [-0.1, -0.05) is 35.4 Å². The van der Waals surface area contributed by atoms with Crippen LogP contribution in [0.25, 0.3) is 0 Å². The van der Waals surface area contributed by atoms with Crippen molar-refractivity contribution in [1.29, 1.82) is 0 Å². The van der Waals surface area contributed by atoms with Gasteiger partial charge in [0.05, 0.1) is 25.0 Å². The highest BCUT2D eigenvalue weighted by Crippen LogP contribution is 2.39. The fraction of sp³-hybridized carbons (Fsp3) is 0.238. The Morgan fingerprint density at radius 2 is 1.90 bits per heavy atom. The number of tetrazole rings is 1. The second-order valence-electron chi connectivity index (χ2n) is 6.64. The molecule has 3 aromatic rings. The average molecular weight is 406 g/mol. The monoisotopic (exact) mass is 406 g/mol. The number of carbonyl (C=O) groups is 1. The number of hydrogen-bond acceptors (Lipinski definition) is 7. The maximum absolute atomic E-state index is 13.4. The van der Waals surface area contributed by atoms with E-state index in [-0.39, 0.29) is 5.91 Å². The van der Waals surface area contributed by atoms with Gasteiger partial charge in [-0.3, -0.25) is 4.79 Å². The van der Waals surface area contributed by atoms with Gasteiger partial charge in [-0.05, 0) is 42.5 Å². The standard InChI is InChI=1S/C21H22N6O3/c1-4-30-16-11-7-5-9-14(16)19-18(13(2)22-21-24-25-26-27(19)21)20(28)23-15-10-6-8-12-17(15)29-3/h5-12,19H,4H2,1-3H3,(H,23,28)(H,22,24,26)/t19-/m0/s1. The summed E-state index contributed by atoms with van der Waals surface area (Å²) in [4.78, 5) is 13.4. The van der Waals surface area contributed by atoms with Gasteiger partial charge < -0.3 is 20.1 Å². The number of para-hydroxylation sites is 3. The van der Waals surface area contributed by atoms with Crippen LogP contribution in [0.1, 0.15) is 25.5 Å². The molecule has 0 unspecified atom stereocenters. The molecule has 1 aliphatic rings. The summed E-state index contributed by atoms with van der Waals surface area (Å²) in [6.07, 6.45) is 0. The Balaban J connectivity index is 1.80. The number of amides is 1. The summed E-state index contributed by atoms with van der Waals surface area (Å²) >= 11 is 0. The molecule has 0 bridgehead atoms. The van der Waals surface area contributed by atoms with Crippen LogP contribution in [-0.2, 0) is 4.79 Å². The van der Waals surface area contributed by atoms with Crippen LogP contribution in [0, 0.1) is 0 Å². The summed E-state index contributed by atoms with van der Waals surface area (Å²) in [5.41, 5.74) is 2.50. The number of nitrogens with one attached hydrogen (secondary N) is 2. The highest BCUT2D eigenvalue weighted by atomic mass is 16.5. The zero-order valence-corrected chi connectivity index (χ0v) is 16.9. The number of rotatable bonds is 6. The topological polar surface area (TPSA) is 103 Å². The van der Waals surface area contributed by atoms with Crippen LogP contribution in [0.4, 0.5) is 11.6 Å². The van der Waals surface area contributed by atoms with Gasteiger partial charge in [0.1, 0.15) is 17.5 Å². The first-order valence-corrected chi connectivity index (χ1v) is 9.55. The van der Waals surface area contributed by atoms with Gasteiger partial charge in [0.25, 0.3) is 5.91 Å². The van der Waals surface area contributed by atoms with Crippen LogP contribution in [-0.4, -0.2) is 39.8 Å². The number of nitrogens with zero attached hydrogens (tertiary/aromatic N) is 4. The molecule has 0 saturated heterocycles. The van der Waals surface area contributed by atoms with Crippen molar-refractivity contribution in [1.82, 2.24) is 20.2 Å². The van der Waals surface area contributed by atoms with Crippen LogP contribution < -0.4 is 20.1 Å². The van der Waals surface area contributed by atoms with Crippen molar-refractivity contribution < 1.29 is 14.3 Å². The third kappa shape index (κ3) is 3.45. The van der Waals surface area contributed by atoms with Crippen LogP contribution in [0.15, 0.2) is 59.8 Å². The highest BCUT2D eigenvalue weighted by Gasteiger charge is 2.35. The Morgan fingerprint density at radius 3 is 2.67 bits per heavy atom. The molecule has 4 rings (SSSR count). The predicted molar refractivity (Wildman–Crippen MR) is 112 cm³/mol. The minimum absolute atomic E-state index is 0.290. The number of fused-ring (bicyclic) bond motifs is 1. The fourth-order valence-electron chi connectivity index (χ4n) is 3.52. The summed E-state index contributed by atoms with van der Waals surface area (Å²) in [6.45, 7) is 4.24. The van der Waals surface area contributed by atoms with E-state index in [4.69, 9.17) is 9.47 Å². The van der Waals surface area contributed by atoms with Crippen molar-refractivity contribution in [2.24, 2.45) is 0 Å². The third-order valence-electron chi connectivity index (χ3n) is 4.83. The Hall–Kier alpha value is -3.88. The number of hydrogen-bond donors (Lipinski definition) is 2. The molecule has 0 fully saturated rings. The Morgan fingerprint density at radius 1 is 1.17 bits per heavy atom. The summed E-state index contributed by atoms with van der Waals surface area (Å²) in [6, 6.07) is 14.3. The summed E-state index contributed by atoms with van der Waals surface area (Å²) in [5.74, 6) is 1.41. The van der Waals surface area contributed by atoms with E-state index in [0.29, 0.717) is 41.0 Å². The quantitative estimate of drug-likeness (QED) is 0.649. The Labute approximate surface area is 173 Å². The molecule has 1 amide bonds. The molecule has 0 aliphatic carbocycles. The van der Waals surface area contributed by atoms with E-state index in [1.807, 2.05) is 50.2 Å². The van der Waals surface area contributed by atoms with E-state index in [9.17, 15) is 4.79 Å². The zero-order chi connectivity index (χ0) is 21.1. The SMILES string of the molecule is CCOc1ccccc1[C@H]1C(C(=O)Nc2ccccc2OC)=C(C)Nc2nnnn21. The third-order valence-corrected chi connectivity index (χ3v) is 4.83. The molecule has 154 valence electrons. The molecule has 9 heteroatoms. The minimum atomic E-state index is -0.561. The molecule has 1 aromatic heterocycles. The van der Waals surface area contributed by atoms with Crippen LogP contribution in [0.2, 0.25) is 0 Å². The largest absolute Gasteiger partial charge is 0.495 e. The zero-order valence-electron chi connectivity index (χ0n) is 16.9. The molecular weight excluding hydrogens is 384 g/mol. The summed E-state index contributed by atoms with van der Waals surface area (Å²) in [5, 5.41) is 18.0. The van der Waals surface area contributed by atoms with Gasteiger partial charge in [-0.15, -0.1) is 0 Å². The maximum atomic E-state index is 13.4. The van der Waals surface area contributed by atoms with Crippen molar-refractivity contribution in [2.75, 3.05) is 24.4 Å². The number of aromatic nitrogens is 4. The van der Waals surface area contributed by atoms with Gasteiger partial charge in [-0.2, -0.15) is 4.68 Å². The first kappa shape index (κ1) is 19.4. The number of ether oxygens (including phenoxy) is 2. The summed E-state index contributed by atoms with van der Waals surface area (Å²) in [7, 11) is 1.56. The van der Waals surface area contributed by atoms with Crippen LogP contribution >= 0.6 is 0 Å². The molecule has 2 heterocycles. The van der Waals surface area contributed by atoms with Gasteiger partial charge in [0.2, 0.25) is 5.95 Å². The molecule has 0 spiro atoms. The van der Waals surface area contributed by atoms with Crippen molar-refractivity contribution in [3.05, 3.63) is 65.4 Å². The molecule has 2 aromatic carbocycles. The van der Waals surface area contributed by atoms with E-state index >= 15 is 0 Å². The van der Waals surface area contributed by atoms with Gasteiger partial charge in [-0.25, -0.2) is 0 Å². The van der Waals surface area contributed by atoms with E-state index in [2.05, 4.69) is 26.2 Å². The van der Waals surface area contributed by atoms with Crippen molar-refractivity contribution in [2.45, 2.75) is 19.9 Å². The minimum Gasteiger partial charge on any atom is -0.495 e. The smallest absolute Gasteiger partial charge is 0.255 e. The molecule has 30 heavy (non-hydrogen) atoms. The second kappa shape index (κ2) is 8.24. The first-order valence-electron chi connectivity index (χ1n) is 9.55. The molecule has 1 aliphatic heterocycles. The molecule has 9 nitrogen and oxygen atoms in total. The molecule has 1 atom stereocenters. The Kier molecular flexibility index (Phi) is 5.34. The second-order valence-corrected chi connectivity index (χ2v) is 6.64. The Bertz CT molecular complexity index is 1110. The molecule has 2 N–H and O–H groups in total. The number of methoxy groups -OCH3 is 1. The lowest BCUT2D eigenvalue weighted by molar-refractivity contribution is -0.113. The van der Waals surface area contributed by atoms with Crippen molar-refractivity contribution in [3.63, 3.8) is 0 Å². The number of allylic oxidation sites excluding steroid dienone is 1. The van der Waals surface area contributed by atoms with Gasteiger partial charge in [0, 0.05) is 11.3 Å². The number of benzene rings is 2. The van der Waals surface area contributed by atoms with Crippen molar-refractivity contribution in [3.8, 4) is 11.5 Å². The van der Waals surface area contributed by atoms with Gasteiger partial charge >= 0.3 is 0 Å². The lowest BCUT2D eigenvalue weighted by atomic mass is 9.94. The van der Waals surface area contributed by atoms with Crippen LogP contribution in [0.5, 0.6) is 11.5 Å². The first-order chi connectivity index (χ1) is 14.6. The number of carbonyl (C=O) groups excluding carboxylic acids is 1. The normalized spacial score (nSPS) is 15.2.